The lowest BCUT2D eigenvalue weighted by Crippen LogP contribution is -2.39. The summed E-state index contributed by atoms with van der Waals surface area (Å²) < 4.78 is 4.81. The van der Waals surface area contributed by atoms with Crippen molar-refractivity contribution >= 4 is 17.7 Å². The van der Waals surface area contributed by atoms with Gasteiger partial charge in [0.05, 0.1) is 11.3 Å². The minimum Gasteiger partial charge on any atom is -0.478 e. The number of carboxylic acid groups (broad SMARTS) is 1. The number of para-hydroxylation sites is 1. The number of hydrogen-bond acceptors (Lipinski definition) is 5. The maximum atomic E-state index is 12.0. The highest BCUT2D eigenvalue weighted by Crippen LogP contribution is 2.19. The third-order valence-electron chi connectivity index (χ3n) is 2.82. The van der Waals surface area contributed by atoms with E-state index in [0.717, 1.165) is 0 Å². The molecule has 8 nitrogen and oxygen atoms in total. The highest BCUT2D eigenvalue weighted by molar-refractivity contribution is 6.01. The van der Waals surface area contributed by atoms with Crippen molar-refractivity contribution in [2.24, 2.45) is 0 Å². The number of aromatic carboxylic acids is 1. The molecular weight excluding hydrogens is 276 g/mol. The smallest absolute Gasteiger partial charge is 0.337 e. The predicted molar refractivity (Wildman–Crippen MR) is 73.2 cm³/mol. The third-order valence-corrected chi connectivity index (χ3v) is 2.82. The second kappa shape index (κ2) is 6.51. The number of hydrogen-bond donors (Lipinski definition) is 2. The molecule has 1 aromatic heterocycles. The highest BCUT2D eigenvalue weighted by Gasteiger charge is 2.17. The first-order valence-corrected chi connectivity index (χ1v) is 6.19. The van der Waals surface area contributed by atoms with Crippen molar-refractivity contribution in [3.8, 4) is 0 Å². The van der Waals surface area contributed by atoms with E-state index in [-0.39, 0.29) is 5.56 Å². The van der Waals surface area contributed by atoms with Crippen LogP contribution in [0.5, 0.6) is 0 Å². The van der Waals surface area contributed by atoms with E-state index in [2.05, 4.69) is 15.5 Å². The number of carbonyl (C=O) groups is 2. The summed E-state index contributed by atoms with van der Waals surface area (Å²) in [6.45, 7) is 0.306. The van der Waals surface area contributed by atoms with Gasteiger partial charge in [0.2, 0.25) is 5.89 Å². The lowest BCUT2D eigenvalue weighted by molar-refractivity contribution is 0.0697. The van der Waals surface area contributed by atoms with Gasteiger partial charge in [0.15, 0.2) is 6.33 Å². The van der Waals surface area contributed by atoms with Crippen LogP contribution in [-0.2, 0) is 6.42 Å². The van der Waals surface area contributed by atoms with Crippen molar-refractivity contribution in [2.75, 3.05) is 18.5 Å². The van der Waals surface area contributed by atoms with Crippen LogP contribution in [0.25, 0.3) is 0 Å². The minimum absolute atomic E-state index is 0.0621. The second-order valence-electron chi connectivity index (χ2n) is 4.20. The van der Waals surface area contributed by atoms with E-state index >= 15 is 0 Å². The Morgan fingerprint density at radius 1 is 1.38 bits per heavy atom. The number of nitrogens with one attached hydrogen (secondary N) is 1. The Balaban J connectivity index is 1.97. The molecule has 0 saturated heterocycles. The largest absolute Gasteiger partial charge is 0.478 e. The van der Waals surface area contributed by atoms with Crippen LogP contribution >= 0.6 is 0 Å². The first-order chi connectivity index (χ1) is 10.1. The van der Waals surface area contributed by atoms with Crippen LogP contribution in [0.15, 0.2) is 35.1 Å². The van der Waals surface area contributed by atoms with Gasteiger partial charge < -0.3 is 14.9 Å². The number of anilines is 1. The molecule has 0 radical (unpaired) electrons. The predicted octanol–water partition coefficient (Wildman–Crippen LogP) is 1.16. The zero-order valence-corrected chi connectivity index (χ0v) is 11.3. The average molecular weight is 290 g/mol. The number of carbonyl (C=O) groups excluding carboxylic acids is 1. The van der Waals surface area contributed by atoms with Gasteiger partial charge in [0, 0.05) is 20.0 Å². The zero-order valence-electron chi connectivity index (χ0n) is 11.3. The molecule has 1 aromatic carbocycles. The van der Waals surface area contributed by atoms with Gasteiger partial charge in [0.1, 0.15) is 0 Å². The molecule has 0 atom stereocenters. The molecule has 0 spiro atoms. The van der Waals surface area contributed by atoms with E-state index < -0.39 is 12.0 Å². The second-order valence-corrected chi connectivity index (χ2v) is 4.20. The van der Waals surface area contributed by atoms with Crippen LogP contribution in [0.3, 0.4) is 0 Å². The minimum atomic E-state index is -1.09. The van der Waals surface area contributed by atoms with Crippen LogP contribution in [0.4, 0.5) is 10.5 Å². The van der Waals surface area contributed by atoms with Crippen LogP contribution < -0.4 is 10.2 Å². The van der Waals surface area contributed by atoms with Gasteiger partial charge in [-0.25, -0.2) is 9.59 Å². The van der Waals surface area contributed by atoms with Gasteiger partial charge in [-0.3, -0.25) is 4.90 Å². The third kappa shape index (κ3) is 3.56. The quantitative estimate of drug-likeness (QED) is 0.855. The van der Waals surface area contributed by atoms with Crippen molar-refractivity contribution < 1.29 is 19.2 Å². The fourth-order valence-corrected chi connectivity index (χ4v) is 1.76. The molecule has 0 bridgehead atoms. The van der Waals surface area contributed by atoms with E-state index in [1.165, 1.54) is 24.3 Å². The number of urea groups is 1. The van der Waals surface area contributed by atoms with Crippen LogP contribution in [-0.4, -0.2) is 40.8 Å². The molecule has 2 N–H and O–H groups in total. The summed E-state index contributed by atoms with van der Waals surface area (Å²) in [4.78, 5) is 28.2. The Kier molecular flexibility index (Phi) is 4.50. The molecule has 0 aliphatic rings. The Labute approximate surface area is 120 Å². The molecule has 2 amide bonds. The van der Waals surface area contributed by atoms with Crippen LogP contribution in [0.1, 0.15) is 16.2 Å². The van der Waals surface area contributed by atoms with Crippen LogP contribution in [0.2, 0.25) is 0 Å². The maximum absolute atomic E-state index is 12.0. The van der Waals surface area contributed by atoms with Gasteiger partial charge in [-0.2, -0.15) is 4.98 Å². The molecule has 1 heterocycles. The molecule has 0 aliphatic carbocycles. The monoisotopic (exact) mass is 290 g/mol. The van der Waals surface area contributed by atoms with E-state index in [9.17, 15) is 9.59 Å². The molecule has 21 heavy (non-hydrogen) atoms. The molecule has 2 rings (SSSR count). The SMILES string of the molecule is CN(C(=O)NCCc1ncno1)c1ccccc1C(=O)O. The Morgan fingerprint density at radius 3 is 2.81 bits per heavy atom. The van der Waals surface area contributed by atoms with E-state index in [0.29, 0.717) is 24.5 Å². The van der Waals surface area contributed by atoms with Crippen molar-refractivity contribution in [3.63, 3.8) is 0 Å². The number of aromatic nitrogens is 2. The Morgan fingerprint density at radius 2 is 2.14 bits per heavy atom. The lowest BCUT2D eigenvalue weighted by atomic mass is 10.1. The molecule has 0 unspecified atom stereocenters. The number of amides is 2. The molecule has 110 valence electrons. The maximum Gasteiger partial charge on any atom is 0.337 e. The first-order valence-electron chi connectivity index (χ1n) is 6.19. The molecule has 2 aromatic rings. The summed E-state index contributed by atoms with van der Waals surface area (Å²) in [5.74, 6) is -0.667. The standard InChI is InChI=1S/C13H14N4O4/c1-17(10-5-3-2-4-9(10)12(18)19)13(20)14-7-6-11-15-8-16-21-11/h2-5,8H,6-7H2,1H3,(H,14,20)(H,18,19). The van der Waals surface area contributed by atoms with Gasteiger partial charge in [-0.15, -0.1) is 0 Å². The van der Waals surface area contributed by atoms with Gasteiger partial charge in [-0.1, -0.05) is 17.3 Å². The van der Waals surface area contributed by atoms with Gasteiger partial charge in [-0.05, 0) is 12.1 Å². The number of nitrogens with zero attached hydrogens (tertiary/aromatic N) is 3. The van der Waals surface area contributed by atoms with Gasteiger partial charge >= 0.3 is 12.0 Å². The van der Waals surface area contributed by atoms with E-state index in [1.54, 1.807) is 18.2 Å². The molecule has 0 saturated carbocycles. The molecule has 0 aliphatic heterocycles. The number of carboxylic acids is 1. The van der Waals surface area contributed by atoms with E-state index in [4.69, 9.17) is 9.63 Å². The normalized spacial score (nSPS) is 10.1. The highest BCUT2D eigenvalue weighted by atomic mass is 16.5. The van der Waals surface area contributed by atoms with Crippen molar-refractivity contribution in [2.45, 2.75) is 6.42 Å². The van der Waals surface area contributed by atoms with Crippen LogP contribution in [0, 0.1) is 0 Å². The first kappa shape index (κ1) is 14.5. The Hall–Kier alpha value is -2.90. The van der Waals surface area contributed by atoms with E-state index in [1.807, 2.05) is 0 Å². The Bertz CT molecular complexity index is 627. The van der Waals surface area contributed by atoms with Crippen molar-refractivity contribution in [3.05, 3.63) is 42.0 Å². The summed E-state index contributed by atoms with van der Waals surface area (Å²) in [5, 5.41) is 15.2. The molecule has 8 heteroatoms. The number of rotatable bonds is 5. The summed E-state index contributed by atoms with van der Waals surface area (Å²) in [5.41, 5.74) is 0.382. The summed E-state index contributed by atoms with van der Waals surface area (Å²) in [7, 11) is 1.50. The van der Waals surface area contributed by atoms with Gasteiger partial charge in [0.25, 0.3) is 0 Å². The zero-order chi connectivity index (χ0) is 15.2. The fourth-order valence-electron chi connectivity index (χ4n) is 1.76. The molecular formula is C13H14N4O4. The molecule has 0 fully saturated rings. The lowest BCUT2D eigenvalue weighted by Gasteiger charge is -2.19. The fraction of sp³-hybridized carbons (Fsp3) is 0.231. The summed E-state index contributed by atoms with van der Waals surface area (Å²) in [6.07, 6.45) is 1.69. The summed E-state index contributed by atoms with van der Waals surface area (Å²) in [6, 6.07) is 5.88. The average Bonchev–Trinajstić information content (AvgIpc) is 2.99. The van der Waals surface area contributed by atoms with Crippen molar-refractivity contribution in [1.82, 2.24) is 15.5 Å². The topological polar surface area (TPSA) is 109 Å². The number of benzene rings is 1. The van der Waals surface area contributed by atoms with Crippen molar-refractivity contribution in [1.29, 1.82) is 0 Å². The summed E-state index contributed by atoms with van der Waals surface area (Å²) >= 11 is 0.